The molecule has 0 radical (unpaired) electrons. The summed E-state index contributed by atoms with van der Waals surface area (Å²) in [7, 11) is 4.87. The van der Waals surface area contributed by atoms with Crippen LogP contribution in [0.5, 0.6) is 23.1 Å². The van der Waals surface area contributed by atoms with E-state index in [2.05, 4.69) is 45.4 Å². The monoisotopic (exact) mass is 640 g/mol. The first-order valence-corrected chi connectivity index (χ1v) is 15.4. The number of aromatic nitrogens is 3. The smallest absolute Gasteiger partial charge is 0.261 e. The Bertz CT molecular complexity index is 2080. The van der Waals surface area contributed by atoms with Crippen molar-refractivity contribution in [2.24, 2.45) is 7.05 Å². The molecule has 3 heterocycles. The third-order valence-electron chi connectivity index (χ3n) is 8.81. The largest absolute Gasteiger partial charge is 0.493 e. The second kappa shape index (κ2) is 12.9. The van der Waals surface area contributed by atoms with Crippen LogP contribution in [0.25, 0.3) is 21.8 Å². The average molecular weight is 641 g/mol. The third-order valence-corrected chi connectivity index (χ3v) is 8.81. The van der Waals surface area contributed by atoms with Gasteiger partial charge in [0.15, 0.2) is 23.1 Å². The lowest BCUT2D eigenvalue weighted by Crippen LogP contribution is -2.50. The molecule has 244 valence electrons. The van der Waals surface area contributed by atoms with Crippen LogP contribution in [0, 0.1) is 12.7 Å². The number of rotatable bonds is 8. The number of carbonyl (C=O) groups is 1. The maximum atomic E-state index is 15.3. The normalized spacial score (nSPS) is 14.8. The minimum atomic E-state index is -0.736. The molecular weight excluding hydrogens is 603 g/mol. The Morgan fingerprint density at radius 2 is 1.83 bits per heavy atom. The molecule has 3 aromatic carbocycles. The van der Waals surface area contributed by atoms with Gasteiger partial charge in [-0.2, -0.15) is 0 Å². The van der Waals surface area contributed by atoms with E-state index < -0.39 is 11.7 Å². The highest BCUT2D eigenvalue weighted by Gasteiger charge is 2.25. The number of nitrogens with zero attached hydrogens (tertiary/aromatic N) is 4. The van der Waals surface area contributed by atoms with E-state index in [-0.39, 0.29) is 28.3 Å². The summed E-state index contributed by atoms with van der Waals surface area (Å²) in [5.41, 5.74) is 3.73. The number of amides is 1. The van der Waals surface area contributed by atoms with E-state index in [9.17, 15) is 9.59 Å². The molecule has 1 unspecified atom stereocenters. The molecule has 1 saturated heterocycles. The van der Waals surface area contributed by atoms with Gasteiger partial charge in [-0.3, -0.25) is 9.59 Å². The molecule has 12 heteroatoms. The number of halogens is 1. The van der Waals surface area contributed by atoms with E-state index >= 15 is 4.39 Å². The van der Waals surface area contributed by atoms with Gasteiger partial charge in [-0.15, -0.1) is 0 Å². The molecule has 11 nitrogen and oxygen atoms in total. The summed E-state index contributed by atoms with van der Waals surface area (Å²) < 4.78 is 33.8. The van der Waals surface area contributed by atoms with Crippen molar-refractivity contribution >= 4 is 39.1 Å². The van der Waals surface area contributed by atoms with Gasteiger partial charge >= 0.3 is 0 Å². The number of pyridine rings is 1. The molecule has 6 rings (SSSR count). The third kappa shape index (κ3) is 5.80. The van der Waals surface area contributed by atoms with E-state index in [1.807, 2.05) is 17.7 Å². The van der Waals surface area contributed by atoms with E-state index in [0.717, 1.165) is 48.9 Å². The van der Waals surface area contributed by atoms with Gasteiger partial charge in [0.25, 0.3) is 5.91 Å². The van der Waals surface area contributed by atoms with Crippen molar-refractivity contribution in [3.8, 4) is 23.1 Å². The molecule has 0 bridgehead atoms. The van der Waals surface area contributed by atoms with E-state index in [1.165, 1.54) is 32.7 Å². The summed E-state index contributed by atoms with van der Waals surface area (Å²) in [4.78, 5) is 38.2. The highest BCUT2D eigenvalue weighted by Crippen LogP contribution is 2.37. The Hall–Kier alpha value is -5.23. The Balaban J connectivity index is 1.29. The molecule has 47 heavy (non-hydrogen) atoms. The molecule has 1 aliphatic heterocycles. The Morgan fingerprint density at radius 1 is 1.06 bits per heavy atom. The standard InChI is InChI=1S/C35H37FN6O5/c1-7-21-12-24-28(16-27(21)42-11-10-37-17-19(42)2)41(4)20(3)32(33(24)43)34(44)40-22-8-9-29(25(36)13-22)47-35-23-14-30(45-5)31(46-6)15-26(23)38-18-39-35/h8-9,12-16,18-19,37H,7,10-11,17H2,1-6H3,(H,40,44). The molecule has 5 aromatic rings. The minimum Gasteiger partial charge on any atom is -0.493 e. The highest BCUT2D eigenvalue weighted by molar-refractivity contribution is 6.07. The molecule has 1 aliphatic rings. The number of anilines is 2. The van der Waals surface area contributed by atoms with Crippen molar-refractivity contribution < 1.29 is 23.4 Å². The summed E-state index contributed by atoms with van der Waals surface area (Å²) in [6.07, 6.45) is 2.04. The Morgan fingerprint density at radius 3 is 2.53 bits per heavy atom. The predicted octanol–water partition coefficient (Wildman–Crippen LogP) is 5.35. The summed E-state index contributed by atoms with van der Waals surface area (Å²) in [5.74, 6) is -0.443. The molecule has 1 amide bonds. The topological polar surface area (TPSA) is 120 Å². The molecule has 1 fully saturated rings. The quantitative estimate of drug-likeness (QED) is 0.231. The van der Waals surface area contributed by atoms with Crippen LogP contribution in [0.1, 0.15) is 35.5 Å². The minimum absolute atomic E-state index is 0.00269. The van der Waals surface area contributed by atoms with Gasteiger partial charge in [0, 0.05) is 67.3 Å². The van der Waals surface area contributed by atoms with Crippen LogP contribution in [0.2, 0.25) is 0 Å². The predicted molar refractivity (Wildman–Crippen MR) is 180 cm³/mol. The van der Waals surface area contributed by atoms with Crippen molar-refractivity contribution in [1.82, 2.24) is 19.9 Å². The number of nitrogens with one attached hydrogen (secondary N) is 2. The van der Waals surface area contributed by atoms with Crippen molar-refractivity contribution in [2.75, 3.05) is 44.1 Å². The second-order valence-corrected chi connectivity index (χ2v) is 11.6. The SMILES string of the molecule is CCc1cc2c(=O)c(C(=O)Nc3ccc(Oc4ncnc5cc(OC)c(OC)cc45)c(F)c3)c(C)n(C)c2cc1N1CCNCC1C. The van der Waals surface area contributed by atoms with Crippen LogP contribution in [-0.2, 0) is 13.5 Å². The molecular formula is C35H37FN6O5. The zero-order valence-electron chi connectivity index (χ0n) is 27.2. The van der Waals surface area contributed by atoms with Gasteiger partial charge in [-0.25, -0.2) is 14.4 Å². The number of hydrogen-bond acceptors (Lipinski definition) is 9. The first-order chi connectivity index (χ1) is 22.6. The van der Waals surface area contributed by atoms with Crippen molar-refractivity contribution in [3.63, 3.8) is 0 Å². The fourth-order valence-electron chi connectivity index (χ4n) is 6.15. The zero-order valence-corrected chi connectivity index (χ0v) is 27.2. The lowest BCUT2D eigenvalue weighted by atomic mass is 10.00. The molecule has 0 spiro atoms. The molecule has 0 aliphatic carbocycles. The number of carbonyl (C=O) groups excluding carboxylic acids is 1. The number of benzene rings is 3. The molecule has 0 saturated carbocycles. The summed E-state index contributed by atoms with van der Waals surface area (Å²) in [5, 5.41) is 7.08. The number of fused-ring (bicyclic) bond motifs is 2. The lowest BCUT2D eigenvalue weighted by molar-refractivity contribution is 0.102. The fraction of sp³-hybridized carbons (Fsp3) is 0.314. The van der Waals surface area contributed by atoms with Crippen LogP contribution in [-0.4, -0.2) is 60.3 Å². The first-order valence-electron chi connectivity index (χ1n) is 15.4. The van der Waals surface area contributed by atoms with Gasteiger partial charge in [0.2, 0.25) is 11.3 Å². The molecule has 2 N–H and O–H groups in total. The van der Waals surface area contributed by atoms with Crippen LogP contribution in [0.3, 0.4) is 0 Å². The van der Waals surface area contributed by atoms with Crippen molar-refractivity contribution in [1.29, 1.82) is 0 Å². The fourth-order valence-corrected chi connectivity index (χ4v) is 6.15. The summed E-state index contributed by atoms with van der Waals surface area (Å²) >= 11 is 0. The maximum Gasteiger partial charge on any atom is 0.261 e. The summed E-state index contributed by atoms with van der Waals surface area (Å²) in [6, 6.07) is 11.6. The average Bonchev–Trinajstić information content (AvgIpc) is 3.07. The Labute approximate surface area is 271 Å². The number of piperazine rings is 1. The maximum absolute atomic E-state index is 15.3. The molecule has 1 atom stereocenters. The number of ether oxygens (including phenoxy) is 3. The van der Waals surface area contributed by atoms with Gasteiger partial charge in [-0.1, -0.05) is 6.92 Å². The van der Waals surface area contributed by atoms with Crippen molar-refractivity contribution in [2.45, 2.75) is 33.2 Å². The van der Waals surface area contributed by atoms with Gasteiger partial charge in [0.1, 0.15) is 11.9 Å². The van der Waals surface area contributed by atoms with Gasteiger partial charge in [-0.05, 0) is 56.2 Å². The van der Waals surface area contributed by atoms with Crippen LogP contribution < -0.4 is 35.2 Å². The first kappa shape index (κ1) is 31.7. The molecule has 2 aromatic heterocycles. The number of hydrogen-bond donors (Lipinski definition) is 2. The van der Waals surface area contributed by atoms with Crippen LogP contribution >= 0.6 is 0 Å². The lowest BCUT2D eigenvalue weighted by Gasteiger charge is -2.37. The Kier molecular flexibility index (Phi) is 8.69. The number of aryl methyl sites for hydroxylation is 2. The van der Waals surface area contributed by atoms with Crippen LogP contribution in [0.4, 0.5) is 15.8 Å². The zero-order chi connectivity index (χ0) is 33.4. The van der Waals surface area contributed by atoms with E-state index in [0.29, 0.717) is 39.5 Å². The van der Waals surface area contributed by atoms with Crippen LogP contribution in [0.15, 0.2) is 53.6 Å². The van der Waals surface area contributed by atoms with Gasteiger partial charge in [0.05, 0.1) is 30.6 Å². The van der Waals surface area contributed by atoms with E-state index in [4.69, 9.17) is 14.2 Å². The van der Waals surface area contributed by atoms with Crippen molar-refractivity contribution in [3.05, 3.63) is 81.7 Å². The second-order valence-electron chi connectivity index (χ2n) is 11.6. The number of methoxy groups -OCH3 is 2. The highest BCUT2D eigenvalue weighted by atomic mass is 19.1. The van der Waals surface area contributed by atoms with Gasteiger partial charge < -0.3 is 34.3 Å². The van der Waals surface area contributed by atoms with E-state index in [1.54, 1.807) is 19.1 Å². The summed E-state index contributed by atoms with van der Waals surface area (Å²) in [6.45, 7) is 8.62.